The summed E-state index contributed by atoms with van der Waals surface area (Å²) in [5, 5.41) is 2.02. The molecule has 16 heavy (non-hydrogen) atoms. The third kappa shape index (κ3) is 1.48. The van der Waals surface area contributed by atoms with Crippen molar-refractivity contribution >= 4 is 11.3 Å². The number of hydrogen-bond acceptors (Lipinski definition) is 3. The molecule has 1 aromatic carbocycles. The minimum absolute atomic E-state index is 0.930. The fraction of sp³-hybridized carbons (Fsp3) is 0.385. The van der Waals surface area contributed by atoms with Crippen molar-refractivity contribution in [2.45, 2.75) is 6.42 Å². The van der Waals surface area contributed by atoms with Gasteiger partial charge < -0.3 is 9.91 Å². The Hall–Kier alpha value is -1.48. The van der Waals surface area contributed by atoms with Crippen molar-refractivity contribution < 1.29 is 0 Å². The van der Waals surface area contributed by atoms with E-state index in [1.807, 2.05) is 12.1 Å². The Balaban J connectivity index is 1.98. The van der Waals surface area contributed by atoms with Gasteiger partial charge in [-0.15, -0.1) is 0 Å². The van der Waals surface area contributed by atoms with Crippen molar-refractivity contribution in [1.29, 1.82) is 0 Å². The van der Waals surface area contributed by atoms with Crippen molar-refractivity contribution in [1.82, 2.24) is 10.4 Å². The molecule has 0 saturated carbocycles. The molecule has 0 saturated heterocycles. The van der Waals surface area contributed by atoms with Gasteiger partial charge in [-0.1, -0.05) is 12.1 Å². The van der Waals surface area contributed by atoms with Gasteiger partial charge in [0.15, 0.2) is 0 Å². The molecule has 2 aliphatic rings. The lowest BCUT2D eigenvalue weighted by molar-refractivity contribution is 0.374. The number of likely N-dealkylation sites (N-methyl/N-ethyl adjacent to an activating group) is 1. The van der Waals surface area contributed by atoms with Crippen LogP contribution in [0.25, 0.3) is 5.57 Å². The molecule has 3 rings (SSSR count). The Morgan fingerprint density at radius 2 is 2.12 bits per heavy atom. The predicted octanol–water partition coefficient (Wildman–Crippen LogP) is 1.47. The molecule has 1 N–H and O–H groups in total. The summed E-state index contributed by atoms with van der Waals surface area (Å²) in [4.78, 5) is 2.34. The van der Waals surface area contributed by atoms with Gasteiger partial charge in [0.05, 0.1) is 0 Å². The molecule has 3 nitrogen and oxygen atoms in total. The van der Waals surface area contributed by atoms with Crippen LogP contribution in [0.5, 0.6) is 0 Å². The molecule has 0 radical (unpaired) electrons. The number of nitrogens with zero attached hydrogens (tertiary/aromatic N) is 2. The van der Waals surface area contributed by atoms with Crippen molar-refractivity contribution in [2.24, 2.45) is 0 Å². The van der Waals surface area contributed by atoms with Gasteiger partial charge >= 0.3 is 0 Å². The smallest absolute Gasteiger partial charge is 0.0421 e. The molecule has 0 fully saturated rings. The summed E-state index contributed by atoms with van der Waals surface area (Å²) in [5.74, 6) is 0. The summed E-state index contributed by atoms with van der Waals surface area (Å²) in [6.45, 7) is 2.08. The molecule has 2 heterocycles. The maximum Gasteiger partial charge on any atom is 0.0421 e. The Labute approximate surface area is 96.3 Å². The SMILES string of the molecule is CN1C=C(c2ccc3c(c2)N(C)CC3)CN1. The molecular weight excluding hydrogens is 198 g/mol. The van der Waals surface area contributed by atoms with Crippen molar-refractivity contribution in [3.05, 3.63) is 35.5 Å². The zero-order valence-electron chi connectivity index (χ0n) is 9.83. The highest BCUT2D eigenvalue weighted by atomic mass is 15.5. The summed E-state index contributed by atoms with van der Waals surface area (Å²) in [5.41, 5.74) is 8.85. The molecule has 0 aromatic heterocycles. The largest absolute Gasteiger partial charge is 0.374 e. The van der Waals surface area contributed by atoms with Gasteiger partial charge in [0, 0.05) is 39.1 Å². The first-order valence-corrected chi connectivity index (χ1v) is 5.75. The van der Waals surface area contributed by atoms with Crippen LogP contribution in [-0.2, 0) is 6.42 Å². The Kier molecular flexibility index (Phi) is 2.14. The minimum Gasteiger partial charge on any atom is -0.374 e. The lowest BCUT2D eigenvalue weighted by Crippen LogP contribution is -2.23. The Morgan fingerprint density at radius 1 is 1.25 bits per heavy atom. The maximum atomic E-state index is 3.27. The first-order valence-electron chi connectivity index (χ1n) is 5.75. The van der Waals surface area contributed by atoms with Crippen LogP contribution in [0.1, 0.15) is 11.1 Å². The highest BCUT2D eigenvalue weighted by Gasteiger charge is 2.17. The van der Waals surface area contributed by atoms with E-state index in [-0.39, 0.29) is 0 Å². The summed E-state index contributed by atoms with van der Waals surface area (Å²) in [6.07, 6.45) is 3.35. The quantitative estimate of drug-likeness (QED) is 0.765. The van der Waals surface area contributed by atoms with Crippen LogP contribution in [0.4, 0.5) is 5.69 Å². The zero-order chi connectivity index (χ0) is 11.1. The predicted molar refractivity (Wildman–Crippen MR) is 67.2 cm³/mol. The van der Waals surface area contributed by atoms with E-state index in [4.69, 9.17) is 0 Å². The molecule has 0 amide bonds. The fourth-order valence-corrected chi connectivity index (χ4v) is 2.45. The highest BCUT2D eigenvalue weighted by molar-refractivity contribution is 5.73. The number of anilines is 1. The van der Waals surface area contributed by atoms with Crippen LogP contribution in [0.3, 0.4) is 0 Å². The summed E-state index contributed by atoms with van der Waals surface area (Å²) >= 11 is 0. The van der Waals surface area contributed by atoms with Crippen LogP contribution in [0.2, 0.25) is 0 Å². The third-order valence-corrected chi connectivity index (χ3v) is 3.45. The second-order valence-corrected chi connectivity index (χ2v) is 4.62. The van der Waals surface area contributed by atoms with Crippen molar-refractivity contribution in [2.75, 3.05) is 32.1 Å². The van der Waals surface area contributed by atoms with E-state index in [9.17, 15) is 0 Å². The number of hydrogen-bond donors (Lipinski definition) is 1. The molecule has 0 aliphatic carbocycles. The second kappa shape index (κ2) is 3.52. The summed E-state index contributed by atoms with van der Waals surface area (Å²) in [6, 6.07) is 6.83. The van der Waals surface area contributed by atoms with Gasteiger partial charge in [-0.3, -0.25) is 0 Å². The minimum atomic E-state index is 0.930. The maximum absolute atomic E-state index is 3.27. The van der Waals surface area contributed by atoms with Crippen LogP contribution in [0, 0.1) is 0 Å². The second-order valence-electron chi connectivity index (χ2n) is 4.62. The van der Waals surface area contributed by atoms with Gasteiger partial charge in [0.25, 0.3) is 0 Å². The number of benzene rings is 1. The van der Waals surface area contributed by atoms with Crippen molar-refractivity contribution in [3.63, 3.8) is 0 Å². The molecular formula is C13H17N3. The highest BCUT2D eigenvalue weighted by Crippen LogP contribution is 2.30. The lowest BCUT2D eigenvalue weighted by atomic mass is 10.0. The van der Waals surface area contributed by atoms with E-state index in [2.05, 4.69) is 41.8 Å². The summed E-state index contributed by atoms with van der Waals surface area (Å²) in [7, 11) is 4.20. The number of hydrazine groups is 1. The molecule has 0 unspecified atom stereocenters. The van der Waals surface area contributed by atoms with E-state index in [0.717, 1.165) is 13.1 Å². The average Bonchev–Trinajstić information content (AvgIpc) is 2.86. The van der Waals surface area contributed by atoms with E-state index in [1.165, 1.54) is 28.8 Å². The average molecular weight is 215 g/mol. The standard InChI is InChI=1S/C13H17N3/c1-15-6-5-10-3-4-11(7-13(10)15)12-8-14-16(2)9-12/h3-4,7,9,14H,5-6,8H2,1-2H3. The monoisotopic (exact) mass is 215 g/mol. The third-order valence-electron chi connectivity index (χ3n) is 3.45. The van der Waals surface area contributed by atoms with E-state index < -0.39 is 0 Å². The molecule has 2 aliphatic heterocycles. The van der Waals surface area contributed by atoms with E-state index in [1.54, 1.807) is 0 Å². The van der Waals surface area contributed by atoms with E-state index >= 15 is 0 Å². The fourth-order valence-electron chi connectivity index (χ4n) is 2.45. The van der Waals surface area contributed by atoms with Gasteiger partial charge in [0.1, 0.15) is 0 Å². The van der Waals surface area contributed by atoms with Crippen LogP contribution in [0.15, 0.2) is 24.4 Å². The van der Waals surface area contributed by atoms with Gasteiger partial charge in [-0.05, 0) is 29.2 Å². The van der Waals surface area contributed by atoms with Gasteiger partial charge in [-0.2, -0.15) is 0 Å². The molecule has 84 valence electrons. The number of fused-ring (bicyclic) bond motifs is 1. The van der Waals surface area contributed by atoms with Crippen LogP contribution < -0.4 is 10.3 Å². The number of rotatable bonds is 1. The normalized spacial score (nSPS) is 19.0. The first-order chi connectivity index (χ1) is 7.74. The number of nitrogens with one attached hydrogen (secondary N) is 1. The molecule has 0 spiro atoms. The Morgan fingerprint density at radius 3 is 2.88 bits per heavy atom. The zero-order valence-corrected chi connectivity index (χ0v) is 9.83. The van der Waals surface area contributed by atoms with Gasteiger partial charge in [0.2, 0.25) is 0 Å². The van der Waals surface area contributed by atoms with Crippen LogP contribution in [-0.4, -0.2) is 32.2 Å². The van der Waals surface area contributed by atoms with Gasteiger partial charge in [-0.25, -0.2) is 5.43 Å². The summed E-state index contributed by atoms with van der Waals surface area (Å²) < 4.78 is 0. The first kappa shape index (κ1) is 9.73. The molecule has 1 aromatic rings. The Bertz CT molecular complexity index is 450. The molecule has 3 heteroatoms. The molecule has 0 bridgehead atoms. The van der Waals surface area contributed by atoms with Crippen molar-refractivity contribution in [3.8, 4) is 0 Å². The van der Waals surface area contributed by atoms with Crippen LogP contribution >= 0.6 is 0 Å². The lowest BCUT2D eigenvalue weighted by Gasteiger charge is -2.13. The topological polar surface area (TPSA) is 18.5 Å². The van der Waals surface area contributed by atoms with E-state index in [0.29, 0.717) is 0 Å². The molecule has 0 atom stereocenters.